The van der Waals surface area contributed by atoms with E-state index in [9.17, 15) is 18.8 Å². The number of nitrogens with one attached hydrogen (secondary N) is 1. The Morgan fingerprint density at radius 2 is 1.81 bits per heavy atom. The average Bonchev–Trinajstić information content (AvgIpc) is 2.86. The second-order valence-corrected chi connectivity index (χ2v) is 9.23. The molecule has 0 unspecified atom stereocenters. The van der Waals surface area contributed by atoms with Gasteiger partial charge in [-0.2, -0.15) is 0 Å². The minimum absolute atomic E-state index is 0.149. The van der Waals surface area contributed by atoms with Crippen LogP contribution in [0.15, 0.2) is 83.4 Å². The maximum absolute atomic E-state index is 13.5. The van der Waals surface area contributed by atoms with E-state index >= 15 is 0 Å². The van der Waals surface area contributed by atoms with Gasteiger partial charge in [0.05, 0.1) is 10.2 Å². The average molecular weight is 563 g/mol. The summed E-state index contributed by atoms with van der Waals surface area (Å²) in [4.78, 5) is 39.3. The number of ether oxygens (including phenoxy) is 1. The van der Waals surface area contributed by atoms with Crippen LogP contribution < -0.4 is 15.0 Å². The molecule has 4 rings (SSSR count). The third-order valence-corrected chi connectivity index (χ3v) is 6.38. The number of allylic oxidation sites excluding steroid dienone is 1. The number of imide groups is 2. The Balaban J connectivity index is 1.65. The highest BCUT2D eigenvalue weighted by Gasteiger charge is 2.36. The number of halogens is 2. The smallest absolute Gasteiger partial charge is 0.335 e. The summed E-state index contributed by atoms with van der Waals surface area (Å²) in [5.41, 5.74) is 3.22. The topological polar surface area (TPSA) is 75.7 Å². The van der Waals surface area contributed by atoms with E-state index in [1.54, 1.807) is 42.5 Å². The summed E-state index contributed by atoms with van der Waals surface area (Å²) in [7, 11) is 0. The fourth-order valence-corrected chi connectivity index (χ4v) is 4.58. The number of carbonyl (C=O) groups is 3. The van der Waals surface area contributed by atoms with E-state index in [0.717, 1.165) is 22.4 Å². The van der Waals surface area contributed by atoms with Crippen LogP contribution in [-0.2, 0) is 29.0 Å². The Kier molecular flexibility index (Phi) is 7.98. The van der Waals surface area contributed by atoms with Gasteiger partial charge in [-0.25, -0.2) is 14.1 Å². The molecule has 0 atom stereocenters. The fraction of sp³-hybridized carbons (Fsp3) is 0.138. The molecule has 0 aromatic heterocycles. The number of hydrogen-bond acceptors (Lipinski definition) is 4. The summed E-state index contributed by atoms with van der Waals surface area (Å²) >= 11 is 3.51. The molecule has 1 N–H and O–H groups in total. The standard InChI is InChI=1S/C29H24BrFN2O4/c1-3-6-21-13-20(16-25(30)26(21)37-17-19-7-5-8-22(31)14-19)15-24-27(34)32-29(36)33(28(24)35)23-11-9-18(4-2)10-12-23/h3,5,7-16H,1,4,6,17H2,2H3,(H,32,34,36)/b24-15-. The second kappa shape index (κ2) is 11.3. The van der Waals surface area contributed by atoms with Crippen molar-refractivity contribution in [1.29, 1.82) is 0 Å². The lowest BCUT2D eigenvalue weighted by molar-refractivity contribution is -0.122. The van der Waals surface area contributed by atoms with Crippen LogP contribution in [0.4, 0.5) is 14.9 Å². The van der Waals surface area contributed by atoms with E-state index in [1.807, 2.05) is 19.1 Å². The Morgan fingerprint density at radius 1 is 1.05 bits per heavy atom. The first-order valence-electron chi connectivity index (χ1n) is 11.6. The Labute approximate surface area is 222 Å². The van der Waals surface area contributed by atoms with E-state index in [2.05, 4.69) is 27.8 Å². The lowest BCUT2D eigenvalue weighted by atomic mass is 10.0. The molecule has 0 saturated carbocycles. The number of carbonyl (C=O) groups excluding carboxylic acids is 3. The molecule has 1 fully saturated rings. The molecule has 1 saturated heterocycles. The second-order valence-electron chi connectivity index (χ2n) is 8.38. The van der Waals surface area contributed by atoms with Crippen LogP contribution in [0.25, 0.3) is 6.08 Å². The number of amides is 4. The van der Waals surface area contributed by atoms with Crippen molar-refractivity contribution in [2.45, 2.75) is 26.4 Å². The van der Waals surface area contributed by atoms with Gasteiger partial charge in [0.25, 0.3) is 11.8 Å². The highest BCUT2D eigenvalue weighted by Crippen LogP contribution is 2.33. The molecule has 37 heavy (non-hydrogen) atoms. The molecular weight excluding hydrogens is 539 g/mol. The zero-order valence-corrected chi connectivity index (χ0v) is 21.7. The largest absolute Gasteiger partial charge is 0.487 e. The molecule has 0 aliphatic carbocycles. The van der Waals surface area contributed by atoms with Crippen molar-refractivity contribution in [3.05, 3.63) is 111 Å². The van der Waals surface area contributed by atoms with Crippen LogP contribution >= 0.6 is 15.9 Å². The number of rotatable bonds is 8. The number of anilines is 1. The van der Waals surface area contributed by atoms with Gasteiger partial charge >= 0.3 is 6.03 Å². The van der Waals surface area contributed by atoms with Crippen LogP contribution in [0.5, 0.6) is 5.75 Å². The maximum atomic E-state index is 13.5. The molecule has 0 bridgehead atoms. The zero-order chi connectivity index (χ0) is 26.5. The SMILES string of the molecule is C=CCc1cc(/C=C2/C(=O)NC(=O)N(c3ccc(CC)cc3)C2=O)cc(Br)c1OCc1cccc(F)c1. The molecular formula is C29H24BrFN2O4. The predicted octanol–water partition coefficient (Wildman–Crippen LogP) is 6.12. The van der Waals surface area contributed by atoms with Crippen molar-refractivity contribution in [2.75, 3.05) is 4.90 Å². The maximum Gasteiger partial charge on any atom is 0.335 e. The van der Waals surface area contributed by atoms with E-state index in [-0.39, 0.29) is 18.0 Å². The molecule has 3 aromatic carbocycles. The minimum atomic E-state index is -0.800. The lowest BCUT2D eigenvalue weighted by Crippen LogP contribution is -2.54. The molecule has 8 heteroatoms. The van der Waals surface area contributed by atoms with Crippen molar-refractivity contribution in [3.8, 4) is 5.75 Å². The Bertz CT molecular complexity index is 1420. The molecule has 4 amide bonds. The number of benzene rings is 3. The highest BCUT2D eigenvalue weighted by molar-refractivity contribution is 9.10. The fourth-order valence-electron chi connectivity index (χ4n) is 3.95. The zero-order valence-electron chi connectivity index (χ0n) is 20.1. The summed E-state index contributed by atoms with van der Waals surface area (Å²) in [6.07, 6.45) is 4.40. The summed E-state index contributed by atoms with van der Waals surface area (Å²) < 4.78 is 20.1. The predicted molar refractivity (Wildman–Crippen MR) is 144 cm³/mol. The van der Waals surface area contributed by atoms with Gasteiger partial charge in [-0.1, -0.05) is 37.3 Å². The van der Waals surface area contributed by atoms with Crippen molar-refractivity contribution >= 4 is 45.5 Å². The van der Waals surface area contributed by atoms with Crippen LogP contribution in [0.1, 0.15) is 29.2 Å². The van der Waals surface area contributed by atoms with Gasteiger partial charge in [-0.05, 0) is 93.5 Å². The van der Waals surface area contributed by atoms with Gasteiger partial charge in [0.15, 0.2) is 0 Å². The van der Waals surface area contributed by atoms with Gasteiger partial charge in [-0.3, -0.25) is 14.9 Å². The monoisotopic (exact) mass is 562 g/mol. The highest BCUT2D eigenvalue weighted by atomic mass is 79.9. The Morgan fingerprint density at radius 3 is 2.49 bits per heavy atom. The molecule has 1 aliphatic heterocycles. The third kappa shape index (κ3) is 5.86. The third-order valence-electron chi connectivity index (χ3n) is 5.79. The Hall–Kier alpha value is -4.04. The normalized spacial score (nSPS) is 14.6. The van der Waals surface area contributed by atoms with Gasteiger partial charge in [0.2, 0.25) is 0 Å². The first-order valence-corrected chi connectivity index (χ1v) is 12.4. The van der Waals surface area contributed by atoms with Crippen molar-refractivity contribution < 1.29 is 23.5 Å². The lowest BCUT2D eigenvalue weighted by Gasteiger charge is -2.26. The van der Waals surface area contributed by atoms with Gasteiger partial charge in [0, 0.05) is 0 Å². The van der Waals surface area contributed by atoms with E-state index in [4.69, 9.17) is 4.74 Å². The van der Waals surface area contributed by atoms with Crippen LogP contribution in [-0.4, -0.2) is 17.8 Å². The quantitative estimate of drug-likeness (QED) is 0.204. The first-order chi connectivity index (χ1) is 17.8. The first kappa shape index (κ1) is 26.0. The van der Waals surface area contributed by atoms with Crippen LogP contribution in [0, 0.1) is 5.82 Å². The van der Waals surface area contributed by atoms with Gasteiger partial charge < -0.3 is 4.74 Å². The van der Waals surface area contributed by atoms with Gasteiger partial charge in [-0.15, -0.1) is 6.58 Å². The minimum Gasteiger partial charge on any atom is -0.487 e. The van der Waals surface area contributed by atoms with E-state index in [1.165, 1.54) is 18.2 Å². The van der Waals surface area contributed by atoms with Crippen LogP contribution in [0.3, 0.4) is 0 Å². The van der Waals surface area contributed by atoms with E-state index < -0.39 is 17.8 Å². The number of urea groups is 1. The molecule has 3 aromatic rings. The summed E-state index contributed by atoms with van der Waals surface area (Å²) in [6.45, 7) is 5.94. The summed E-state index contributed by atoms with van der Waals surface area (Å²) in [6, 6.07) is 15.8. The number of hydrogen-bond donors (Lipinski definition) is 1. The molecule has 6 nitrogen and oxygen atoms in total. The summed E-state index contributed by atoms with van der Waals surface area (Å²) in [5, 5.41) is 2.24. The van der Waals surface area contributed by atoms with Crippen molar-refractivity contribution in [1.82, 2.24) is 5.32 Å². The molecule has 1 aliphatic rings. The molecule has 0 spiro atoms. The van der Waals surface area contributed by atoms with E-state index in [0.29, 0.717) is 33.5 Å². The number of nitrogens with zero attached hydrogens (tertiary/aromatic N) is 1. The van der Waals surface area contributed by atoms with Crippen molar-refractivity contribution in [3.63, 3.8) is 0 Å². The molecule has 188 valence electrons. The van der Waals surface area contributed by atoms with Crippen molar-refractivity contribution in [2.24, 2.45) is 0 Å². The van der Waals surface area contributed by atoms with Gasteiger partial charge in [0.1, 0.15) is 23.7 Å². The van der Waals surface area contributed by atoms with Crippen LogP contribution in [0.2, 0.25) is 0 Å². The summed E-state index contributed by atoms with van der Waals surface area (Å²) in [5.74, 6) is -1.30. The number of barbiturate groups is 1. The molecule has 0 radical (unpaired) electrons. The number of aryl methyl sites for hydroxylation is 1. The molecule has 1 heterocycles.